The Labute approximate surface area is 119 Å². The van der Waals surface area contributed by atoms with Gasteiger partial charge in [0.1, 0.15) is 0 Å². The van der Waals surface area contributed by atoms with Crippen LogP contribution in [0.2, 0.25) is 0 Å². The van der Waals surface area contributed by atoms with Crippen LogP contribution >= 0.6 is 0 Å². The number of aliphatic imine (C=N–C) groups is 1. The maximum absolute atomic E-state index is 11.3. The molecular weight excluding hydrogens is 248 g/mol. The molecule has 104 valence electrons. The lowest BCUT2D eigenvalue weighted by Gasteiger charge is -2.08. The van der Waals surface area contributed by atoms with Gasteiger partial charge in [0.05, 0.1) is 5.69 Å². The highest BCUT2D eigenvalue weighted by molar-refractivity contribution is 5.95. The van der Waals surface area contributed by atoms with E-state index in [9.17, 15) is 4.79 Å². The molecule has 0 bridgehead atoms. The van der Waals surface area contributed by atoms with Crippen molar-refractivity contribution in [1.29, 1.82) is 0 Å². The fourth-order valence-electron chi connectivity index (χ4n) is 3.09. The van der Waals surface area contributed by atoms with E-state index in [2.05, 4.69) is 35.4 Å². The van der Waals surface area contributed by atoms with Crippen molar-refractivity contribution in [2.75, 3.05) is 6.54 Å². The summed E-state index contributed by atoms with van der Waals surface area (Å²) >= 11 is 0. The highest BCUT2D eigenvalue weighted by Crippen LogP contribution is 2.41. The Balaban J connectivity index is 1.86. The lowest BCUT2D eigenvalue weighted by Crippen LogP contribution is -2.22. The van der Waals surface area contributed by atoms with Crippen molar-refractivity contribution in [3.05, 3.63) is 34.9 Å². The Kier molecular flexibility index (Phi) is 3.43. The van der Waals surface area contributed by atoms with Gasteiger partial charge in [0.15, 0.2) is 0 Å². The summed E-state index contributed by atoms with van der Waals surface area (Å²) in [6.45, 7) is 4.59. The number of nitrogens with zero attached hydrogens (tertiary/aromatic N) is 1. The number of fused-ring (bicyclic) bond motifs is 3. The van der Waals surface area contributed by atoms with Gasteiger partial charge >= 0.3 is 0 Å². The Hall–Kier alpha value is -1.90. The van der Waals surface area contributed by atoms with Gasteiger partial charge in [0, 0.05) is 25.1 Å². The van der Waals surface area contributed by atoms with Gasteiger partial charge < -0.3 is 5.32 Å². The minimum absolute atomic E-state index is 0.109. The Bertz CT molecular complexity index is 626. The highest BCUT2D eigenvalue weighted by Gasteiger charge is 2.24. The van der Waals surface area contributed by atoms with Crippen molar-refractivity contribution in [1.82, 2.24) is 5.32 Å². The largest absolute Gasteiger partial charge is 0.353 e. The quantitative estimate of drug-likeness (QED) is 0.898. The molecule has 20 heavy (non-hydrogen) atoms. The summed E-state index contributed by atoms with van der Waals surface area (Å²) in [5, 5.41) is 2.92. The fraction of sp³-hybridized carbons (Fsp3) is 0.412. The summed E-state index contributed by atoms with van der Waals surface area (Å²) < 4.78 is 0. The van der Waals surface area contributed by atoms with Gasteiger partial charge in [0.25, 0.3) is 0 Å². The molecule has 3 nitrogen and oxygen atoms in total. The molecular formula is C17H20N2O. The van der Waals surface area contributed by atoms with Crippen molar-refractivity contribution < 1.29 is 4.79 Å². The molecule has 0 unspecified atom stereocenters. The van der Waals surface area contributed by atoms with Crippen LogP contribution in [0.15, 0.2) is 23.2 Å². The van der Waals surface area contributed by atoms with E-state index < -0.39 is 0 Å². The molecule has 2 aliphatic rings. The molecule has 1 aromatic rings. The molecule has 0 spiro atoms. The molecule has 1 heterocycles. The van der Waals surface area contributed by atoms with Crippen LogP contribution in [0.4, 0.5) is 5.69 Å². The molecule has 3 heteroatoms. The van der Waals surface area contributed by atoms with E-state index in [0.717, 1.165) is 24.9 Å². The van der Waals surface area contributed by atoms with Gasteiger partial charge in [-0.3, -0.25) is 9.79 Å². The van der Waals surface area contributed by atoms with Crippen LogP contribution in [-0.4, -0.2) is 18.2 Å². The zero-order chi connectivity index (χ0) is 14.1. The summed E-state index contributed by atoms with van der Waals surface area (Å²) in [4.78, 5) is 15.9. The summed E-state index contributed by atoms with van der Waals surface area (Å²) in [5.74, 6) is 0.109. The molecule has 1 N–H and O–H groups in total. The normalized spacial score (nSPS) is 17.9. The van der Waals surface area contributed by atoms with E-state index in [1.165, 1.54) is 28.0 Å². The average molecular weight is 268 g/mol. The average Bonchev–Trinajstić information content (AvgIpc) is 3.00. The second-order valence-corrected chi connectivity index (χ2v) is 5.51. The molecule has 1 aromatic carbocycles. The van der Waals surface area contributed by atoms with E-state index in [-0.39, 0.29) is 5.91 Å². The van der Waals surface area contributed by atoms with Crippen molar-refractivity contribution >= 4 is 22.9 Å². The number of hydrogen-bond acceptors (Lipinski definition) is 2. The van der Waals surface area contributed by atoms with Gasteiger partial charge in [-0.1, -0.05) is 19.1 Å². The maximum Gasteiger partial charge on any atom is 0.219 e. The first-order chi connectivity index (χ1) is 9.69. The van der Waals surface area contributed by atoms with E-state index in [0.29, 0.717) is 13.0 Å². The van der Waals surface area contributed by atoms with E-state index in [1.54, 1.807) is 0 Å². The zero-order valence-electron chi connectivity index (χ0n) is 12.1. The number of allylic oxidation sites excluding steroid dienone is 1. The van der Waals surface area contributed by atoms with Gasteiger partial charge in [-0.25, -0.2) is 0 Å². The van der Waals surface area contributed by atoms with Crippen LogP contribution in [0.25, 0.3) is 5.57 Å². The molecule has 0 saturated carbocycles. The summed E-state index contributed by atoms with van der Waals surface area (Å²) in [5.41, 5.74) is 7.91. The molecule has 1 aliphatic heterocycles. The fourth-order valence-corrected chi connectivity index (χ4v) is 3.09. The van der Waals surface area contributed by atoms with E-state index in [4.69, 9.17) is 0 Å². The van der Waals surface area contributed by atoms with Crippen molar-refractivity contribution in [2.45, 2.75) is 39.5 Å². The molecule has 0 atom stereocenters. The van der Waals surface area contributed by atoms with Crippen LogP contribution in [-0.2, 0) is 17.6 Å². The second kappa shape index (κ2) is 5.23. The standard InChI is InChI=1S/C17H20N2O/c1-3-16(20)18-9-8-13-5-4-12-6-7-15-14(17(12)13)10-11(2)19-15/h6-8H,3-5,9-10H2,1-2H3,(H,18,20)/b13-8+. The zero-order valence-corrected chi connectivity index (χ0v) is 12.1. The van der Waals surface area contributed by atoms with Crippen LogP contribution in [0.3, 0.4) is 0 Å². The summed E-state index contributed by atoms with van der Waals surface area (Å²) in [7, 11) is 0. The van der Waals surface area contributed by atoms with Gasteiger partial charge in [0.2, 0.25) is 5.91 Å². The molecule has 0 aromatic heterocycles. The van der Waals surface area contributed by atoms with Crippen LogP contribution in [0.5, 0.6) is 0 Å². The number of amides is 1. The van der Waals surface area contributed by atoms with E-state index >= 15 is 0 Å². The van der Waals surface area contributed by atoms with E-state index in [1.807, 2.05) is 6.92 Å². The number of aryl methyl sites for hydroxylation is 1. The SMILES string of the molecule is CCC(=O)NC/C=C1\CCc2ccc3c(c21)CC(C)=N3. The number of hydrogen-bond donors (Lipinski definition) is 1. The minimum atomic E-state index is 0.109. The number of rotatable bonds is 3. The number of carbonyl (C=O) groups is 1. The van der Waals surface area contributed by atoms with Crippen LogP contribution < -0.4 is 5.32 Å². The molecule has 1 amide bonds. The van der Waals surface area contributed by atoms with Gasteiger partial charge in [-0.15, -0.1) is 0 Å². The lowest BCUT2D eigenvalue weighted by molar-refractivity contribution is -0.120. The Morgan fingerprint density at radius 1 is 1.40 bits per heavy atom. The topological polar surface area (TPSA) is 41.5 Å². The van der Waals surface area contributed by atoms with Crippen LogP contribution in [0, 0.1) is 0 Å². The Morgan fingerprint density at radius 3 is 3.05 bits per heavy atom. The lowest BCUT2D eigenvalue weighted by atomic mass is 9.96. The smallest absolute Gasteiger partial charge is 0.219 e. The van der Waals surface area contributed by atoms with Crippen LogP contribution in [0.1, 0.15) is 43.4 Å². The number of benzene rings is 1. The first-order valence-electron chi connectivity index (χ1n) is 7.34. The predicted molar refractivity (Wildman–Crippen MR) is 82.5 cm³/mol. The maximum atomic E-state index is 11.3. The minimum Gasteiger partial charge on any atom is -0.353 e. The van der Waals surface area contributed by atoms with Gasteiger partial charge in [-0.05, 0) is 48.1 Å². The van der Waals surface area contributed by atoms with Crippen molar-refractivity contribution in [3.8, 4) is 0 Å². The summed E-state index contributed by atoms with van der Waals surface area (Å²) in [6.07, 6.45) is 5.87. The first kappa shape index (κ1) is 13.1. The third-order valence-corrected chi connectivity index (χ3v) is 4.07. The highest BCUT2D eigenvalue weighted by atomic mass is 16.1. The Morgan fingerprint density at radius 2 is 2.25 bits per heavy atom. The van der Waals surface area contributed by atoms with Crippen molar-refractivity contribution in [2.24, 2.45) is 4.99 Å². The molecule has 1 aliphatic carbocycles. The van der Waals surface area contributed by atoms with Crippen molar-refractivity contribution in [3.63, 3.8) is 0 Å². The molecule has 0 saturated heterocycles. The molecule has 0 radical (unpaired) electrons. The molecule has 0 fully saturated rings. The second-order valence-electron chi connectivity index (χ2n) is 5.51. The van der Waals surface area contributed by atoms with Gasteiger partial charge in [-0.2, -0.15) is 0 Å². The first-order valence-corrected chi connectivity index (χ1v) is 7.34. The monoisotopic (exact) mass is 268 g/mol. The number of nitrogens with one attached hydrogen (secondary N) is 1. The third kappa shape index (κ3) is 2.28. The molecule has 3 rings (SSSR count). The third-order valence-electron chi connectivity index (χ3n) is 4.07. The number of carbonyl (C=O) groups excluding carboxylic acids is 1. The summed E-state index contributed by atoms with van der Waals surface area (Å²) in [6, 6.07) is 4.36. The predicted octanol–water partition coefficient (Wildman–Crippen LogP) is 3.19.